The fourth-order valence-electron chi connectivity index (χ4n) is 2.77. The van der Waals surface area contributed by atoms with Crippen LogP contribution in [0, 0.1) is 0 Å². The van der Waals surface area contributed by atoms with Crippen LogP contribution in [0.5, 0.6) is 0 Å². The van der Waals surface area contributed by atoms with Crippen LogP contribution in [0.2, 0.25) is 0 Å². The van der Waals surface area contributed by atoms with Crippen molar-refractivity contribution < 1.29 is 14.7 Å². The first kappa shape index (κ1) is 15.1. The molecule has 118 valence electrons. The SMILES string of the molecule is O=C(O)c1cccc(C(=O)N2CCN(c3ccccc3)CC2)c1. The molecule has 1 aliphatic rings. The normalized spacial score (nSPS) is 14.6. The van der Waals surface area contributed by atoms with Crippen molar-refractivity contribution in [2.75, 3.05) is 31.1 Å². The molecule has 2 aromatic carbocycles. The Kier molecular flexibility index (Phi) is 4.28. The van der Waals surface area contributed by atoms with Crippen LogP contribution >= 0.6 is 0 Å². The highest BCUT2D eigenvalue weighted by atomic mass is 16.4. The highest BCUT2D eigenvalue weighted by molar-refractivity contribution is 5.97. The molecule has 0 aliphatic carbocycles. The van der Waals surface area contributed by atoms with Gasteiger partial charge < -0.3 is 14.9 Å². The number of anilines is 1. The number of carbonyl (C=O) groups excluding carboxylic acids is 1. The molecule has 1 N–H and O–H groups in total. The maximum Gasteiger partial charge on any atom is 0.335 e. The average Bonchev–Trinajstić information content (AvgIpc) is 2.62. The zero-order valence-corrected chi connectivity index (χ0v) is 12.7. The summed E-state index contributed by atoms with van der Waals surface area (Å²) in [4.78, 5) is 27.6. The van der Waals surface area contributed by atoms with E-state index in [0.29, 0.717) is 18.7 Å². The molecular formula is C18H18N2O3. The first-order valence-electron chi connectivity index (χ1n) is 7.58. The molecule has 2 aromatic rings. The van der Waals surface area contributed by atoms with Crippen molar-refractivity contribution in [3.63, 3.8) is 0 Å². The molecule has 0 saturated carbocycles. The number of hydrogen-bond donors (Lipinski definition) is 1. The van der Waals surface area contributed by atoms with Gasteiger partial charge in [0.15, 0.2) is 0 Å². The predicted octanol–water partition coefficient (Wildman–Crippen LogP) is 2.35. The summed E-state index contributed by atoms with van der Waals surface area (Å²) in [5.41, 5.74) is 1.73. The lowest BCUT2D eigenvalue weighted by molar-refractivity contribution is 0.0697. The quantitative estimate of drug-likeness (QED) is 0.945. The van der Waals surface area contributed by atoms with Gasteiger partial charge in [-0.15, -0.1) is 0 Å². The van der Waals surface area contributed by atoms with Crippen molar-refractivity contribution in [1.82, 2.24) is 4.90 Å². The van der Waals surface area contributed by atoms with Crippen LogP contribution in [-0.2, 0) is 0 Å². The molecule has 0 bridgehead atoms. The first-order chi connectivity index (χ1) is 11.1. The van der Waals surface area contributed by atoms with Gasteiger partial charge in [0, 0.05) is 37.4 Å². The van der Waals surface area contributed by atoms with E-state index in [1.54, 1.807) is 17.0 Å². The van der Waals surface area contributed by atoms with E-state index >= 15 is 0 Å². The number of aromatic carboxylic acids is 1. The number of carboxylic acids is 1. The Morgan fingerprint density at radius 2 is 1.48 bits per heavy atom. The second-order valence-corrected chi connectivity index (χ2v) is 5.50. The molecule has 0 spiro atoms. The predicted molar refractivity (Wildman–Crippen MR) is 88.0 cm³/mol. The average molecular weight is 310 g/mol. The number of nitrogens with zero attached hydrogens (tertiary/aromatic N) is 2. The van der Waals surface area contributed by atoms with Gasteiger partial charge in [-0.25, -0.2) is 4.79 Å². The minimum atomic E-state index is -1.02. The largest absolute Gasteiger partial charge is 0.478 e. The summed E-state index contributed by atoms with van der Waals surface area (Å²) < 4.78 is 0. The van der Waals surface area contributed by atoms with Crippen molar-refractivity contribution in [2.45, 2.75) is 0 Å². The zero-order chi connectivity index (χ0) is 16.2. The number of hydrogen-bond acceptors (Lipinski definition) is 3. The van der Waals surface area contributed by atoms with Gasteiger partial charge in [-0.3, -0.25) is 4.79 Å². The Labute approximate surface area is 134 Å². The number of rotatable bonds is 3. The van der Waals surface area contributed by atoms with Crippen LogP contribution < -0.4 is 4.90 Å². The van der Waals surface area contributed by atoms with E-state index in [4.69, 9.17) is 5.11 Å². The molecule has 1 amide bonds. The molecule has 1 aliphatic heterocycles. The number of carboxylic acid groups (broad SMARTS) is 1. The van der Waals surface area contributed by atoms with Crippen molar-refractivity contribution in [2.24, 2.45) is 0 Å². The van der Waals surface area contributed by atoms with Crippen LogP contribution in [-0.4, -0.2) is 48.1 Å². The molecule has 0 radical (unpaired) electrons. The molecule has 5 nitrogen and oxygen atoms in total. The summed E-state index contributed by atoms with van der Waals surface area (Å²) in [6.07, 6.45) is 0. The minimum absolute atomic E-state index is 0.110. The van der Waals surface area contributed by atoms with E-state index in [0.717, 1.165) is 18.8 Å². The van der Waals surface area contributed by atoms with Crippen molar-refractivity contribution in [1.29, 1.82) is 0 Å². The number of piperazine rings is 1. The topological polar surface area (TPSA) is 60.9 Å². The van der Waals surface area contributed by atoms with E-state index in [-0.39, 0.29) is 11.5 Å². The Morgan fingerprint density at radius 1 is 0.826 bits per heavy atom. The lowest BCUT2D eigenvalue weighted by Crippen LogP contribution is -2.48. The smallest absolute Gasteiger partial charge is 0.335 e. The van der Waals surface area contributed by atoms with E-state index in [1.165, 1.54) is 12.1 Å². The monoisotopic (exact) mass is 310 g/mol. The number of para-hydroxylation sites is 1. The minimum Gasteiger partial charge on any atom is -0.478 e. The Balaban J connectivity index is 1.66. The molecule has 1 fully saturated rings. The summed E-state index contributed by atoms with van der Waals surface area (Å²) in [7, 11) is 0. The van der Waals surface area contributed by atoms with E-state index < -0.39 is 5.97 Å². The molecule has 0 atom stereocenters. The van der Waals surface area contributed by atoms with E-state index in [2.05, 4.69) is 17.0 Å². The third-order valence-electron chi connectivity index (χ3n) is 4.04. The standard InChI is InChI=1S/C18H18N2O3/c21-17(14-5-4-6-15(13-14)18(22)23)20-11-9-19(10-12-20)16-7-2-1-3-8-16/h1-8,13H,9-12H2,(H,22,23). The Hall–Kier alpha value is -2.82. The van der Waals surface area contributed by atoms with Gasteiger partial charge in [0.2, 0.25) is 0 Å². The molecule has 1 saturated heterocycles. The van der Waals surface area contributed by atoms with E-state index in [9.17, 15) is 9.59 Å². The lowest BCUT2D eigenvalue weighted by atomic mass is 10.1. The van der Waals surface area contributed by atoms with Crippen LogP contribution in [0.1, 0.15) is 20.7 Å². The highest BCUT2D eigenvalue weighted by Crippen LogP contribution is 2.17. The summed E-state index contributed by atoms with van der Waals surface area (Å²) in [5, 5.41) is 9.03. The van der Waals surface area contributed by atoms with Gasteiger partial charge in [0.1, 0.15) is 0 Å². The van der Waals surface area contributed by atoms with Crippen molar-refractivity contribution in [3.05, 3.63) is 65.7 Å². The van der Waals surface area contributed by atoms with Crippen molar-refractivity contribution >= 4 is 17.6 Å². The second-order valence-electron chi connectivity index (χ2n) is 5.50. The summed E-state index contributed by atoms with van der Waals surface area (Å²) >= 11 is 0. The first-order valence-corrected chi connectivity index (χ1v) is 7.58. The zero-order valence-electron chi connectivity index (χ0n) is 12.7. The summed E-state index contributed by atoms with van der Waals surface area (Å²) in [6.45, 7) is 2.80. The molecule has 1 heterocycles. The second kappa shape index (κ2) is 6.52. The van der Waals surface area contributed by atoms with Crippen LogP contribution in [0.3, 0.4) is 0 Å². The third-order valence-corrected chi connectivity index (χ3v) is 4.04. The molecule has 23 heavy (non-hydrogen) atoms. The number of benzene rings is 2. The number of carbonyl (C=O) groups is 2. The van der Waals surface area contributed by atoms with E-state index in [1.807, 2.05) is 18.2 Å². The summed E-state index contributed by atoms with van der Waals surface area (Å²) in [5.74, 6) is -1.13. The molecule has 3 rings (SSSR count). The van der Waals surface area contributed by atoms with Gasteiger partial charge in [-0.05, 0) is 30.3 Å². The summed E-state index contributed by atoms with van der Waals surface area (Å²) in [6, 6.07) is 16.3. The fraction of sp³-hybridized carbons (Fsp3) is 0.222. The molecular weight excluding hydrogens is 292 g/mol. The fourth-order valence-corrected chi connectivity index (χ4v) is 2.77. The van der Waals surface area contributed by atoms with Gasteiger partial charge in [0.05, 0.1) is 5.56 Å². The van der Waals surface area contributed by atoms with Crippen LogP contribution in [0.15, 0.2) is 54.6 Å². The van der Waals surface area contributed by atoms with Gasteiger partial charge in [0.25, 0.3) is 5.91 Å². The number of amides is 1. The molecule has 0 unspecified atom stereocenters. The lowest BCUT2D eigenvalue weighted by Gasteiger charge is -2.36. The van der Waals surface area contributed by atoms with Crippen LogP contribution in [0.25, 0.3) is 0 Å². The maximum absolute atomic E-state index is 12.5. The molecule has 5 heteroatoms. The van der Waals surface area contributed by atoms with Gasteiger partial charge >= 0.3 is 5.97 Å². The Bertz CT molecular complexity index is 707. The molecule has 0 aromatic heterocycles. The maximum atomic E-state index is 12.5. The Morgan fingerprint density at radius 3 is 2.13 bits per heavy atom. The van der Waals surface area contributed by atoms with Crippen LogP contribution in [0.4, 0.5) is 5.69 Å². The van der Waals surface area contributed by atoms with Gasteiger partial charge in [-0.2, -0.15) is 0 Å². The highest BCUT2D eigenvalue weighted by Gasteiger charge is 2.22. The van der Waals surface area contributed by atoms with Crippen molar-refractivity contribution in [3.8, 4) is 0 Å². The third kappa shape index (κ3) is 3.34. The van der Waals surface area contributed by atoms with Gasteiger partial charge in [-0.1, -0.05) is 24.3 Å².